The minimum Gasteiger partial charge on any atom is -0.346 e. The lowest BCUT2D eigenvalue weighted by atomic mass is 9.81. The fraction of sp³-hybridized carbons (Fsp3) is 0.571. The lowest BCUT2D eigenvalue weighted by Crippen LogP contribution is -2.37. The first-order valence-corrected chi connectivity index (χ1v) is 9.59. The summed E-state index contributed by atoms with van der Waals surface area (Å²) in [6.45, 7) is 4.45. The highest BCUT2D eigenvalue weighted by molar-refractivity contribution is 5.96. The predicted molar refractivity (Wildman–Crippen MR) is 103 cm³/mol. The standard InChI is InChI=1S/C21H30N2O3/c1-4-5-14-23(3)21(26)18-8-6-17(7-9-18)20(25)22-19-12-10-16(11-13-19)15(2)24/h10-13,17-18H,4-9,14H2,1-3H3,(H,22,25). The first kappa shape index (κ1) is 20.1. The van der Waals surface area contributed by atoms with Crippen LogP contribution in [0, 0.1) is 11.8 Å². The molecule has 0 aromatic heterocycles. The highest BCUT2D eigenvalue weighted by atomic mass is 16.2. The summed E-state index contributed by atoms with van der Waals surface area (Å²) >= 11 is 0. The van der Waals surface area contributed by atoms with Gasteiger partial charge in [-0.05, 0) is 63.3 Å². The van der Waals surface area contributed by atoms with Crippen molar-refractivity contribution in [3.63, 3.8) is 0 Å². The normalized spacial score (nSPS) is 19.7. The van der Waals surface area contributed by atoms with Crippen LogP contribution in [-0.2, 0) is 9.59 Å². The van der Waals surface area contributed by atoms with E-state index in [1.165, 1.54) is 6.92 Å². The molecule has 0 unspecified atom stereocenters. The second-order valence-corrected chi connectivity index (χ2v) is 7.28. The number of amides is 2. The van der Waals surface area contributed by atoms with E-state index < -0.39 is 0 Å². The Labute approximate surface area is 156 Å². The van der Waals surface area contributed by atoms with E-state index in [9.17, 15) is 14.4 Å². The zero-order chi connectivity index (χ0) is 19.1. The summed E-state index contributed by atoms with van der Waals surface area (Å²) in [6.07, 6.45) is 5.15. The van der Waals surface area contributed by atoms with Crippen LogP contribution in [-0.4, -0.2) is 36.1 Å². The zero-order valence-electron chi connectivity index (χ0n) is 16.1. The van der Waals surface area contributed by atoms with Crippen LogP contribution in [0.5, 0.6) is 0 Å². The van der Waals surface area contributed by atoms with Crippen molar-refractivity contribution in [2.45, 2.75) is 52.4 Å². The van der Waals surface area contributed by atoms with Crippen LogP contribution in [0.25, 0.3) is 0 Å². The number of anilines is 1. The molecule has 0 bridgehead atoms. The molecule has 2 rings (SSSR count). The predicted octanol–water partition coefficient (Wildman–Crippen LogP) is 3.89. The summed E-state index contributed by atoms with van der Waals surface area (Å²) in [4.78, 5) is 38.1. The Morgan fingerprint density at radius 1 is 1.04 bits per heavy atom. The van der Waals surface area contributed by atoms with Crippen LogP contribution >= 0.6 is 0 Å². The van der Waals surface area contributed by atoms with E-state index >= 15 is 0 Å². The Morgan fingerprint density at radius 2 is 1.62 bits per heavy atom. The minimum absolute atomic E-state index is 0.00538. The third-order valence-electron chi connectivity index (χ3n) is 5.23. The van der Waals surface area contributed by atoms with Gasteiger partial charge in [-0.1, -0.05) is 13.3 Å². The molecule has 0 saturated heterocycles. The van der Waals surface area contributed by atoms with Crippen molar-refractivity contribution in [2.75, 3.05) is 18.9 Å². The highest BCUT2D eigenvalue weighted by Crippen LogP contribution is 2.31. The SMILES string of the molecule is CCCCN(C)C(=O)C1CCC(C(=O)Nc2ccc(C(C)=O)cc2)CC1. The maximum absolute atomic E-state index is 12.5. The molecule has 5 heteroatoms. The molecule has 1 aromatic carbocycles. The quantitative estimate of drug-likeness (QED) is 0.752. The molecule has 0 aliphatic heterocycles. The summed E-state index contributed by atoms with van der Waals surface area (Å²) < 4.78 is 0. The van der Waals surface area contributed by atoms with Gasteiger partial charge in [0.05, 0.1) is 0 Å². The monoisotopic (exact) mass is 358 g/mol. The summed E-state index contributed by atoms with van der Waals surface area (Å²) in [6, 6.07) is 6.96. The molecule has 1 aromatic rings. The Hall–Kier alpha value is -2.17. The van der Waals surface area contributed by atoms with Gasteiger partial charge in [0.2, 0.25) is 11.8 Å². The summed E-state index contributed by atoms with van der Waals surface area (Å²) in [7, 11) is 1.88. The molecule has 26 heavy (non-hydrogen) atoms. The fourth-order valence-corrected chi connectivity index (χ4v) is 3.45. The molecule has 1 fully saturated rings. The molecule has 0 radical (unpaired) electrons. The van der Waals surface area contributed by atoms with Crippen molar-refractivity contribution in [3.05, 3.63) is 29.8 Å². The highest BCUT2D eigenvalue weighted by Gasteiger charge is 2.31. The van der Waals surface area contributed by atoms with E-state index in [1.807, 2.05) is 11.9 Å². The van der Waals surface area contributed by atoms with Gasteiger partial charge in [0.1, 0.15) is 0 Å². The van der Waals surface area contributed by atoms with Gasteiger partial charge in [-0.2, -0.15) is 0 Å². The lowest BCUT2D eigenvalue weighted by Gasteiger charge is -2.30. The van der Waals surface area contributed by atoms with Crippen molar-refractivity contribution < 1.29 is 14.4 Å². The van der Waals surface area contributed by atoms with E-state index in [1.54, 1.807) is 24.3 Å². The Balaban J connectivity index is 1.82. The lowest BCUT2D eigenvalue weighted by molar-refractivity contribution is -0.136. The summed E-state index contributed by atoms with van der Waals surface area (Å²) in [5, 5.41) is 2.93. The molecule has 5 nitrogen and oxygen atoms in total. The van der Waals surface area contributed by atoms with Crippen LogP contribution < -0.4 is 5.32 Å². The number of unbranched alkanes of at least 4 members (excludes halogenated alkanes) is 1. The molecule has 1 aliphatic carbocycles. The van der Waals surface area contributed by atoms with Gasteiger partial charge in [-0.25, -0.2) is 0 Å². The van der Waals surface area contributed by atoms with Crippen molar-refractivity contribution >= 4 is 23.3 Å². The van der Waals surface area contributed by atoms with E-state index in [0.29, 0.717) is 11.3 Å². The summed E-state index contributed by atoms with van der Waals surface area (Å²) in [5.74, 6) is 0.237. The van der Waals surface area contributed by atoms with Crippen LogP contribution in [0.4, 0.5) is 5.69 Å². The smallest absolute Gasteiger partial charge is 0.227 e. The van der Waals surface area contributed by atoms with Crippen LogP contribution in [0.15, 0.2) is 24.3 Å². The molecule has 1 saturated carbocycles. The van der Waals surface area contributed by atoms with E-state index in [-0.39, 0.29) is 29.4 Å². The number of carbonyl (C=O) groups excluding carboxylic acids is 3. The third-order valence-corrected chi connectivity index (χ3v) is 5.23. The first-order valence-electron chi connectivity index (χ1n) is 9.59. The summed E-state index contributed by atoms with van der Waals surface area (Å²) in [5.41, 5.74) is 1.34. The first-order chi connectivity index (χ1) is 12.4. The fourth-order valence-electron chi connectivity index (χ4n) is 3.45. The van der Waals surface area contributed by atoms with Gasteiger partial charge in [0, 0.05) is 36.7 Å². The number of ketones is 1. The zero-order valence-corrected chi connectivity index (χ0v) is 16.1. The number of rotatable bonds is 7. The largest absolute Gasteiger partial charge is 0.346 e. The van der Waals surface area contributed by atoms with Crippen LogP contribution in [0.2, 0.25) is 0 Å². The number of hydrogen-bond donors (Lipinski definition) is 1. The van der Waals surface area contributed by atoms with Crippen LogP contribution in [0.3, 0.4) is 0 Å². The number of hydrogen-bond acceptors (Lipinski definition) is 3. The number of Topliss-reactive ketones (excluding diaryl/α,β-unsaturated/α-hetero) is 1. The van der Waals surface area contributed by atoms with Gasteiger partial charge in [-0.3, -0.25) is 14.4 Å². The minimum atomic E-state index is -0.0486. The molecular formula is C21H30N2O3. The molecule has 1 N–H and O–H groups in total. The van der Waals surface area contributed by atoms with Crippen molar-refractivity contribution in [1.29, 1.82) is 0 Å². The average Bonchev–Trinajstić information content (AvgIpc) is 2.66. The van der Waals surface area contributed by atoms with Gasteiger partial charge >= 0.3 is 0 Å². The Bertz CT molecular complexity index is 631. The number of carbonyl (C=O) groups is 3. The van der Waals surface area contributed by atoms with Gasteiger partial charge in [-0.15, -0.1) is 0 Å². The second-order valence-electron chi connectivity index (χ2n) is 7.28. The topological polar surface area (TPSA) is 66.5 Å². The maximum atomic E-state index is 12.5. The molecule has 1 aliphatic rings. The second kappa shape index (κ2) is 9.51. The van der Waals surface area contributed by atoms with Gasteiger partial charge < -0.3 is 10.2 Å². The Morgan fingerprint density at radius 3 is 2.15 bits per heavy atom. The number of nitrogens with one attached hydrogen (secondary N) is 1. The molecule has 2 amide bonds. The van der Waals surface area contributed by atoms with Crippen LogP contribution in [0.1, 0.15) is 62.7 Å². The van der Waals surface area contributed by atoms with Crippen molar-refractivity contribution in [3.8, 4) is 0 Å². The van der Waals surface area contributed by atoms with Gasteiger partial charge in [0.25, 0.3) is 0 Å². The van der Waals surface area contributed by atoms with Gasteiger partial charge in [0.15, 0.2) is 5.78 Å². The number of nitrogens with zero attached hydrogens (tertiary/aromatic N) is 1. The van der Waals surface area contributed by atoms with Crippen molar-refractivity contribution in [2.24, 2.45) is 11.8 Å². The molecular weight excluding hydrogens is 328 g/mol. The van der Waals surface area contributed by atoms with E-state index in [0.717, 1.165) is 45.1 Å². The van der Waals surface area contributed by atoms with Crippen molar-refractivity contribution in [1.82, 2.24) is 4.90 Å². The molecule has 0 heterocycles. The average molecular weight is 358 g/mol. The molecule has 0 atom stereocenters. The maximum Gasteiger partial charge on any atom is 0.227 e. The van der Waals surface area contributed by atoms with E-state index in [4.69, 9.17) is 0 Å². The Kier molecular flexibility index (Phi) is 7.37. The number of benzene rings is 1. The third kappa shape index (κ3) is 5.41. The molecule has 142 valence electrons. The van der Waals surface area contributed by atoms with E-state index in [2.05, 4.69) is 12.2 Å². The molecule has 0 spiro atoms.